The topological polar surface area (TPSA) is 70.2 Å². The fraction of sp³-hybridized carbons (Fsp3) is 0.625. The van der Waals surface area contributed by atoms with Gasteiger partial charge < -0.3 is 14.5 Å². The number of ether oxygens (including phenoxy) is 1. The molecule has 0 unspecified atom stereocenters. The molecule has 2 saturated heterocycles. The number of carbonyl (C=O) groups is 3. The van der Waals surface area contributed by atoms with E-state index >= 15 is 0 Å². The first kappa shape index (κ1) is 24.3. The smallest absolute Gasteiger partial charge is 0.241 e. The molecule has 3 amide bonds. The van der Waals surface area contributed by atoms with Gasteiger partial charge in [-0.2, -0.15) is 0 Å². The van der Waals surface area contributed by atoms with Crippen LogP contribution in [0, 0.1) is 11.7 Å². The molecule has 1 aromatic carbocycles. The van der Waals surface area contributed by atoms with Gasteiger partial charge in [0, 0.05) is 45.7 Å². The molecule has 0 aliphatic carbocycles. The Morgan fingerprint density at radius 3 is 2.59 bits per heavy atom. The van der Waals surface area contributed by atoms with Crippen molar-refractivity contribution in [3.05, 3.63) is 35.6 Å². The molecule has 8 heteroatoms. The summed E-state index contributed by atoms with van der Waals surface area (Å²) in [7, 11) is 3.19. The molecule has 32 heavy (non-hydrogen) atoms. The predicted octanol–water partition coefficient (Wildman–Crippen LogP) is 2.05. The van der Waals surface area contributed by atoms with Crippen LogP contribution < -0.4 is 0 Å². The number of imide groups is 1. The van der Waals surface area contributed by atoms with E-state index in [1.165, 1.54) is 38.2 Å². The van der Waals surface area contributed by atoms with Crippen molar-refractivity contribution in [1.29, 1.82) is 0 Å². The highest BCUT2D eigenvalue weighted by atomic mass is 19.1. The molecule has 7 nitrogen and oxygen atoms in total. The monoisotopic (exact) mass is 447 g/mol. The standard InChI is InChI=1S/C24H34FN3O4/c1-18(17-27-10-6-7-11-27)16-26(2)21(29)14-24(19-8-4-5-9-20(19)25)15-22(30)28(23(24)31)12-13-32-3/h4-5,8-9,18H,6-7,10-17H2,1-3H3/t18-,24-/m1/s1. The molecular weight excluding hydrogens is 413 g/mol. The maximum atomic E-state index is 14.8. The van der Waals surface area contributed by atoms with Crippen LogP contribution in [0.5, 0.6) is 0 Å². The minimum atomic E-state index is -1.53. The number of rotatable bonds is 10. The summed E-state index contributed by atoms with van der Waals surface area (Å²) >= 11 is 0. The largest absolute Gasteiger partial charge is 0.383 e. The van der Waals surface area contributed by atoms with E-state index in [-0.39, 0.29) is 43.4 Å². The van der Waals surface area contributed by atoms with Crippen LogP contribution in [0.2, 0.25) is 0 Å². The van der Waals surface area contributed by atoms with Gasteiger partial charge in [0.25, 0.3) is 0 Å². The Morgan fingerprint density at radius 1 is 1.25 bits per heavy atom. The van der Waals surface area contributed by atoms with Gasteiger partial charge in [-0.3, -0.25) is 19.3 Å². The van der Waals surface area contributed by atoms with Gasteiger partial charge in [-0.25, -0.2) is 4.39 Å². The van der Waals surface area contributed by atoms with Crippen LogP contribution >= 0.6 is 0 Å². The van der Waals surface area contributed by atoms with E-state index in [0.717, 1.165) is 24.5 Å². The number of carbonyl (C=O) groups excluding carboxylic acids is 3. The second-order valence-corrected chi connectivity index (χ2v) is 9.15. The van der Waals surface area contributed by atoms with Gasteiger partial charge in [-0.1, -0.05) is 25.1 Å². The number of hydrogen-bond donors (Lipinski definition) is 0. The summed E-state index contributed by atoms with van der Waals surface area (Å²) in [6.07, 6.45) is 1.96. The van der Waals surface area contributed by atoms with Gasteiger partial charge in [-0.05, 0) is 37.9 Å². The minimum absolute atomic E-state index is 0.0846. The Balaban J connectivity index is 1.79. The third kappa shape index (κ3) is 5.18. The lowest BCUT2D eigenvalue weighted by Gasteiger charge is -2.31. The van der Waals surface area contributed by atoms with E-state index in [2.05, 4.69) is 11.8 Å². The van der Waals surface area contributed by atoms with Crippen LogP contribution in [0.3, 0.4) is 0 Å². The average molecular weight is 448 g/mol. The second-order valence-electron chi connectivity index (χ2n) is 9.15. The van der Waals surface area contributed by atoms with Crippen molar-refractivity contribution in [1.82, 2.24) is 14.7 Å². The van der Waals surface area contributed by atoms with Gasteiger partial charge in [-0.15, -0.1) is 0 Å². The van der Waals surface area contributed by atoms with E-state index in [1.807, 2.05) is 0 Å². The van der Waals surface area contributed by atoms with Crippen molar-refractivity contribution < 1.29 is 23.5 Å². The van der Waals surface area contributed by atoms with Crippen LogP contribution in [-0.4, -0.2) is 85.9 Å². The van der Waals surface area contributed by atoms with Gasteiger partial charge in [0.2, 0.25) is 17.7 Å². The van der Waals surface area contributed by atoms with E-state index < -0.39 is 23.0 Å². The molecule has 3 rings (SSSR count). The van der Waals surface area contributed by atoms with Crippen LogP contribution in [0.1, 0.15) is 38.2 Å². The third-order valence-electron chi connectivity index (χ3n) is 6.55. The summed E-state index contributed by atoms with van der Waals surface area (Å²) in [5, 5.41) is 0. The Hall–Kier alpha value is -2.32. The first-order valence-corrected chi connectivity index (χ1v) is 11.3. The lowest BCUT2D eigenvalue weighted by atomic mass is 9.75. The molecule has 2 aliphatic heterocycles. The summed E-state index contributed by atoms with van der Waals surface area (Å²) < 4.78 is 19.8. The normalized spacial score (nSPS) is 22.6. The number of halogens is 1. The lowest BCUT2D eigenvalue weighted by molar-refractivity contribution is -0.143. The Bertz CT molecular complexity index is 842. The highest BCUT2D eigenvalue weighted by molar-refractivity contribution is 6.10. The highest BCUT2D eigenvalue weighted by Gasteiger charge is 2.54. The molecule has 2 heterocycles. The fourth-order valence-corrected chi connectivity index (χ4v) is 4.93. The number of methoxy groups -OCH3 is 1. The first-order valence-electron chi connectivity index (χ1n) is 11.3. The Morgan fingerprint density at radius 2 is 1.94 bits per heavy atom. The molecule has 0 spiro atoms. The maximum Gasteiger partial charge on any atom is 0.241 e. The van der Waals surface area contributed by atoms with Gasteiger partial charge in [0.15, 0.2) is 0 Å². The summed E-state index contributed by atoms with van der Waals surface area (Å²) in [6.45, 7) is 6.01. The van der Waals surface area contributed by atoms with Gasteiger partial charge >= 0.3 is 0 Å². The molecule has 2 aliphatic rings. The SMILES string of the molecule is COCCN1C(=O)C[C@](CC(=O)N(C)C[C@@H](C)CN2CCCC2)(c2ccccc2F)C1=O. The third-order valence-corrected chi connectivity index (χ3v) is 6.55. The van der Waals surface area contributed by atoms with Crippen molar-refractivity contribution in [3.63, 3.8) is 0 Å². The molecule has 0 bridgehead atoms. The number of nitrogens with zero attached hydrogens (tertiary/aromatic N) is 3. The molecule has 0 radical (unpaired) electrons. The van der Waals surface area contributed by atoms with Crippen LogP contribution in [0.25, 0.3) is 0 Å². The van der Waals surface area contributed by atoms with Crippen LogP contribution in [0.15, 0.2) is 24.3 Å². The molecule has 0 saturated carbocycles. The van der Waals surface area contributed by atoms with Crippen molar-refractivity contribution in [2.24, 2.45) is 5.92 Å². The number of benzene rings is 1. The van der Waals surface area contributed by atoms with Crippen molar-refractivity contribution in [2.75, 3.05) is 53.5 Å². The quantitative estimate of drug-likeness (QED) is 0.514. The molecule has 0 aromatic heterocycles. The second kappa shape index (κ2) is 10.5. The summed E-state index contributed by atoms with van der Waals surface area (Å²) in [6, 6.07) is 5.93. The van der Waals surface area contributed by atoms with Crippen molar-refractivity contribution in [3.8, 4) is 0 Å². The zero-order valence-corrected chi connectivity index (χ0v) is 19.3. The lowest BCUT2D eigenvalue weighted by Crippen LogP contribution is -2.45. The van der Waals surface area contributed by atoms with E-state index in [0.29, 0.717) is 6.54 Å². The molecule has 176 valence electrons. The van der Waals surface area contributed by atoms with E-state index in [4.69, 9.17) is 4.74 Å². The van der Waals surface area contributed by atoms with Crippen molar-refractivity contribution in [2.45, 2.75) is 38.0 Å². The Kier molecular flexibility index (Phi) is 8.00. The Labute approximate surface area is 189 Å². The zero-order valence-electron chi connectivity index (χ0n) is 19.3. The number of amides is 3. The molecular formula is C24H34FN3O4. The molecule has 2 atom stereocenters. The molecule has 1 aromatic rings. The number of hydrogen-bond acceptors (Lipinski definition) is 5. The average Bonchev–Trinajstić information content (AvgIpc) is 3.33. The van der Waals surface area contributed by atoms with Crippen LogP contribution in [0.4, 0.5) is 4.39 Å². The van der Waals surface area contributed by atoms with E-state index in [1.54, 1.807) is 18.0 Å². The van der Waals surface area contributed by atoms with Crippen molar-refractivity contribution >= 4 is 17.7 Å². The van der Waals surface area contributed by atoms with Gasteiger partial charge in [0.05, 0.1) is 18.6 Å². The summed E-state index contributed by atoms with van der Waals surface area (Å²) in [5.74, 6) is -1.52. The fourth-order valence-electron chi connectivity index (χ4n) is 4.93. The van der Waals surface area contributed by atoms with Crippen LogP contribution in [-0.2, 0) is 24.5 Å². The zero-order chi connectivity index (χ0) is 23.3. The first-order chi connectivity index (χ1) is 15.3. The van der Waals surface area contributed by atoms with E-state index in [9.17, 15) is 18.8 Å². The van der Waals surface area contributed by atoms with Gasteiger partial charge in [0.1, 0.15) is 5.82 Å². The highest BCUT2D eigenvalue weighted by Crippen LogP contribution is 2.41. The molecule has 0 N–H and O–H groups in total. The molecule has 2 fully saturated rings. The maximum absolute atomic E-state index is 14.8. The number of likely N-dealkylation sites (tertiary alicyclic amines) is 2. The minimum Gasteiger partial charge on any atom is -0.383 e. The summed E-state index contributed by atoms with van der Waals surface area (Å²) in [4.78, 5) is 44.4. The summed E-state index contributed by atoms with van der Waals surface area (Å²) in [5.41, 5.74) is -1.43. The predicted molar refractivity (Wildman–Crippen MR) is 118 cm³/mol.